The molecule has 6 heteroatoms. The van der Waals surface area contributed by atoms with Crippen molar-refractivity contribution in [1.82, 2.24) is 0 Å². The van der Waals surface area contributed by atoms with Crippen LogP contribution in [0.4, 0.5) is 5.69 Å². The number of nitrogens with two attached hydrogens (primary N) is 1. The Balaban J connectivity index is 2.57. The molecule has 1 rings (SSSR count). The second-order valence-electron chi connectivity index (χ2n) is 3.22. The number of nitro groups is 1. The first-order chi connectivity index (χ1) is 7.65. The molecule has 88 valence electrons. The number of unbranched alkanes of at least 4 members (excludes halogenated alkanes) is 1. The van der Waals surface area contributed by atoms with Crippen molar-refractivity contribution in [2.45, 2.75) is 12.8 Å². The zero-order valence-corrected chi connectivity index (χ0v) is 9.44. The molecule has 0 atom stereocenters. The fourth-order valence-corrected chi connectivity index (χ4v) is 1.38. The third-order valence-electron chi connectivity index (χ3n) is 1.98. The zero-order valence-electron chi connectivity index (χ0n) is 8.69. The maximum Gasteiger partial charge on any atom is 0.271 e. The van der Waals surface area contributed by atoms with Gasteiger partial charge in [-0.3, -0.25) is 10.1 Å². The van der Waals surface area contributed by atoms with E-state index in [1.54, 1.807) is 0 Å². The Morgan fingerprint density at radius 3 is 2.75 bits per heavy atom. The van der Waals surface area contributed by atoms with E-state index in [1.165, 1.54) is 18.2 Å². The molecule has 0 aliphatic heterocycles. The first-order valence-corrected chi connectivity index (χ1v) is 5.29. The Labute approximate surface area is 98.3 Å². The number of hydrogen-bond acceptors (Lipinski definition) is 4. The van der Waals surface area contributed by atoms with Crippen LogP contribution in [0.1, 0.15) is 12.8 Å². The molecule has 5 nitrogen and oxygen atoms in total. The van der Waals surface area contributed by atoms with Gasteiger partial charge < -0.3 is 10.5 Å². The molecule has 2 N–H and O–H groups in total. The topological polar surface area (TPSA) is 78.4 Å². The van der Waals surface area contributed by atoms with Crippen LogP contribution in [-0.4, -0.2) is 18.1 Å². The highest BCUT2D eigenvalue weighted by atomic mass is 35.5. The summed E-state index contributed by atoms with van der Waals surface area (Å²) in [7, 11) is 0. The van der Waals surface area contributed by atoms with Crippen molar-refractivity contribution >= 4 is 17.3 Å². The van der Waals surface area contributed by atoms with Gasteiger partial charge >= 0.3 is 0 Å². The van der Waals surface area contributed by atoms with Crippen molar-refractivity contribution in [3.05, 3.63) is 33.3 Å². The Hall–Kier alpha value is -1.33. The normalized spacial score (nSPS) is 10.1. The highest BCUT2D eigenvalue weighted by Crippen LogP contribution is 2.28. The molecule has 0 saturated carbocycles. The van der Waals surface area contributed by atoms with Gasteiger partial charge in [0.05, 0.1) is 16.6 Å². The minimum absolute atomic E-state index is 0.0423. The third-order valence-corrected chi connectivity index (χ3v) is 2.28. The van der Waals surface area contributed by atoms with Crippen LogP contribution in [0.5, 0.6) is 5.75 Å². The zero-order chi connectivity index (χ0) is 12.0. The number of nitrogens with zero attached hydrogens (tertiary/aromatic N) is 1. The predicted molar refractivity (Wildman–Crippen MR) is 61.9 cm³/mol. The minimum atomic E-state index is -0.496. The van der Waals surface area contributed by atoms with E-state index in [9.17, 15) is 10.1 Å². The fraction of sp³-hybridized carbons (Fsp3) is 0.400. The average molecular weight is 245 g/mol. The van der Waals surface area contributed by atoms with Crippen LogP contribution >= 0.6 is 11.6 Å². The van der Waals surface area contributed by atoms with Gasteiger partial charge in [0, 0.05) is 12.1 Å². The number of benzene rings is 1. The lowest BCUT2D eigenvalue weighted by molar-refractivity contribution is -0.384. The molecule has 0 aliphatic carbocycles. The Bertz CT molecular complexity index is 371. The molecular weight excluding hydrogens is 232 g/mol. The number of non-ortho nitro benzene ring substituents is 1. The van der Waals surface area contributed by atoms with Gasteiger partial charge in [-0.05, 0) is 25.5 Å². The van der Waals surface area contributed by atoms with Gasteiger partial charge in [-0.1, -0.05) is 11.6 Å². The van der Waals surface area contributed by atoms with Gasteiger partial charge in [-0.15, -0.1) is 0 Å². The summed E-state index contributed by atoms with van der Waals surface area (Å²) >= 11 is 5.83. The average Bonchev–Trinajstić information content (AvgIpc) is 2.26. The van der Waals surface area contributed by atoms with Crippen LogP contribution in [0.3, 0.4) is 0 Å². The second-order valence-corrected chi connectivity index (χ2v) is 3.62. The Kier molecular flexibility index (Phi) is 5.01. The van der Waals surface area contributed by atoms with E-state index in [0.29, 0.717) is 18.9 Å². The van der Waals surface area contributed by atoms with E-state index < -0.39 is 4.92 Å². The van der Waals surface area contributed by atoms with Gasteiger partial charge in [-0.2, -0.15) is 0 Å². The van der Waals surface area contributed by atoms with E-state index in [-0.39, 0.29) is 10.7 Å². The van der Waals surface area contributed by atoms with Gasteiger partial charge in [0.25, 0.3) is 5.69 Å². The minimum Gasteiger partial charge on any atom is -0.492 e. The molecule has 0 radical (unpaired) electrons. The molecule has 16 heavy (non-hydrogen) atoms. The van der Waals surface area contributed by atoms with Crippen LogP contribution < -0.4 is 10.5 Å². The first-order valence-electron chi connectivity index (χ1n) is 4.92. The molecular formula is C10H13ClN2O3. The summed E-state index contributed by atoms with van der Waals surface area (Å²) in [5, 5.41) is 10.7. The maximum absolute atomic E-state index is 10.5. The summed E-state index contributed by atoms with van der Waals surface area (Å²) < 4.78 is 5.36. The highest BCUT2D eigenvalue weighted by molar-refractivity contribution is 6.32. The van der Waals surface area contributed by atoms with E-state index in [1.807, 2.05) is 0 Å². The first kappa shape index (κ1) is 12.7. The van der Waals surface area contributed by atoms with E-state index in [2.05, 4.69) is 0 Å². The van der Waals surface area contributed by atoms with Gasteiger partial charge in [0.1, 0.15) is 5.75 Å². The Morgan fingerprint density at radius 2 is 2.19 bits per heavy atom. The largest absolute Gasteiger partial charge is 0.492 e. The standard InChI is InChI=1S/C10H13ClN2O3/c11-9-7-8(13(14)15)3-4-10(9)16-6-2-1-5-12/h3-4,7H,1-2,5-6,12H2. The number of hydrogen-bond donors (Lipinski definition) is 1. The molecule has 0 fully saturated rings. The summed E-state index contributed by atoms with van der Waals surface area (Å²) in [5.41, 5.74) is 5.29. The van der Waals surface area contributed by atoms with Crippen molar-refractivity contribution < 1.29 is 9.66 Å². The van der Waals surface area contributed by atoms with Crippen LogP contribution in [0.25, 0.3) is 0 Å². The quantitative estimate of drug-likeness (QED) is 0.473. The third kappa shape index (κ3) is 3.67. The van der Waals surface area contributed by atoms with E-state index in [4.69, 9.17) is 22.1 Å². The number of halogens is 1. The lowest BCUT2D eigenvalue weighted by Gasteiger charge is -2.06. The van der Waals surface area contributed by atoms with Crippen molar-refractivity contribution in [3.63, 3.8) is 0 Å². The van der Waals surface area contributed by atoms with Crippen molar-refractivity contribution in [2.75, 3.05) is 13.2 Å². The van der Waals surface area contributed by atoms with Crippen LogP contribution in [0.2, 0.25) is 5.02 Å². The van der Waals surface area contributed by atoms with Crippen molar-refractivity contribution in [2.24, 2.45) is 5.73 Å². The monoisotopic (exact) mass is 244 g/mol. The Morgan fingerprint density at radius 1 is 1.44 bits per heavy atom. The summed E-state index contributed by atoms with van der Waals surface area (Å²) in [6.45, 7) is 1.13. The molecule has 1 aromatic carbocycles. The molecule has 0 aromatic heterocycles. The smallest absolute Gasteiger partial charge is 0.271 e. The molecule has 0 unspecified atom stereocenters. The molecule has 1 aromatic rings. The number of nitro benzene ring substituents is 1. The van der Waals surface area contributed by atoms with Crippen LogP contribution in [0, 0.1) is 10.1 Å². The van der Waals surface area contributed by atoms with Crippen molar-refractivity contribution in [3.8, 4) is 5.75 Å². The lowest BCUT2D eigenvalue weighted by Crippen LogP contribution is -2.03. The molecule has 0 saturated heterocycles. The summed E-state index contributed by atoms with van der Waals surface area (Å²) in [5.74, 6) is 0.462. The van der Waals surface area contributed by atoms with Gasteiger partial charge in [0.2, 0.25) is 0 Å². The van der Waals surface area contributed by atoms with Crippen molar-refractivity contribution in [1.29, 1.82) is 0 Å². The highest BCUT2D eigenvalue weighted by Gasteiger charge is 2.09. The summed E-state index contributed by atoms with van der Waals surface area (Å²) in [6.07, 6.45) is 1.72. The summed E-state index contributed by atoms with van der Waals surface area (Å²) in [6, 6.07) is 4.15. The van der Waals surface area contributed by atoms with Crippen LogP contribution in [0.15, 0.2) is 18.2 Å². The molecule has 0 aliphatic rings. The second kappa shape index (κ2) is 6.30. The molecule has 0 spiro atoms. The lowest BCUT2D eigenvalue weighted by atomic mass is 10.3. The molecule has 0 amide bonds. The fourth-order valence-electron chi connectivity index (χ4n) is 1.15. The molecule has 0 heterocycles. The maximum atomic E-state index is 10.5. The molecule has 0 bridgehead atoms. The van der Waals surface area contributed by atoms with E-state index in [0.717, 1.165) is 12.8 Å². The SMILES string of the molecule is NCCCCOc1ccc([N+](=O)[O-])cc1Cl. The number of ether oxygens (including phenoxy) is 1. The van der Waals surface area contributed by atoms with Crippen LogP contribution in [-0.2, 0) is 0 Å². The predicted octanol–water partition coefficient (Wildman–Crippen LogP) is 2.37. The van der Waals surface area contributed by atoms with Gasteiger partial charge in [0.15, 0.2) is 0 Å². The van der Waals surface area contributed by atoms with Gasteiger partial charge in [-0.25, -0.2) is 0 Å². The summed E-state index contributed by atoms with van der Waals surface area (Å²) in [4.78, 5) is 9.96. The van der Waals surface area contributed by atoms with E-state index >= 15 is 0 Å². The number of rotatable bonds is 6.